The van der Waals surface area contributed by atoms with Crippen molar-refractivity contribution in [1.82, 2.24) is 5.32 Å². The fraction of sp³-hybridized carbons (Fsp3) is 0.412. The summed E-state index contributed by atoms with van der Waals surface area (Å²) >= 11 is 0. The molecule has 118 valence electrons. The minimum Gasteiger partial charge on any atom is -0.467 e. The van der Waals surface area contributed by atoms with Crippen LogP contribution < -0.4 is 5.32 Å². The number of esters is 1. The zero-order valence-corrected chi connectivity index (χ0v) is 12.9. The van der Waals surface area contributed by atoms with Gasteiger partial charge < -0.3 is 14.8 Å². The average molecular weight is 303 g/mol. The zero-order valence-electron chi connectivity index (χ0n) is 12.9. The molecule has 22 heavy (non-hydrogen) atoms. The van der Waals surface area contributed by atoms with Gasteiger partial charge in [-0.15, -0.1) is 12.3 Å². The van der Waals surface area contributed by atoms with Gasteiger partial charge in [0.1, 0.15) is 6.04 Å². The lowest BCUT2D eigenvalue weighted by Gasteiger charge is -2.20. The van der Waals surface area contributed by atoms with Crippen LogP contribution in [0.15, 0.2) is 30.3 Å². The van der Waals surface area contributed by atoms with Crippen molar-refractivity contribution < 1.29 is 19.1 Å². The number of hydrogen-bond acceptors (Lipinski definition) is 4. The Morgan fingerprint density at radius 1 is 1.27 bits per heavy atom. The number of amides is 1. The van der Waals surface area contributed by atoms with Crippen LogP contribution in [-0.2, 0) is 19.1 Å². The molecule has 1 rings (SSSR count). The first kappa shape index (κ1) is 17.7. The molecule has 1 amide bonds. The van der Waals surface area contributed by atoms with E-state index in [1.54, 1.807) is 12.1 Å². The van der Waals surface area contributed by atoms with Gasteiger partial charge in [0.15, 0.2) is 6.10 Å². The standard InChI is InChI=1S/C17H21NO4/c1-4-5-7-12-14(17(20)22-3)18-16(19)15(21-2)13-10-8-6-9-11-13/h1,6,8-11,14-15H,5,7,12H2,2-3H3,(H,18,19)/t14-,15-/m0/s1. The Hall–Kier alpha value is -2.32. The summed E-state index contributed by atoms with van der Waals surface area (Å²) < 4.78 is 9.96. The molecule has 1 aromatic carbocycles. The summed E-state index contributed by atoms with van der Waals surface area (Å²) in [7, 11) is 2.73. The van der Waals surface area contributed by atoms with Gasteiger partial charge in [-0.1, -0.05) is 30.3 Å². The van der Waals surface area contributed by atoms with Gasteiger partial charge in [-0.25, -0.2) is 4.79 Å². The number of nitrogens with one attached hydrogen (secondary N) is 1. The summed E-state index contributed by atoms with van der Waals surface area (Å²) in [5.74, 6) is 1.63. The predicted molar refractivity (Wildman–Crippen MR) is 82.8 cm³/mol. The van der Waals surface area contributed by atoms with E-state index in [4.69, 9.17) is 15.9 Å². The Morgan fingerprint density at radius 3 is 2.50 bits per heavy atom. The lowest BCUT2D eigenvalue weighted by Crippen LogP contribution is -2.44. The quantitative estimate of drug-likeness (QED) is 0.452. The van der Waals surface area contributed by atoms with E-state index in [2.05, 4.69) is 11.2 Å². The lowest BCUT2D eigenvalue weighted by atomic mass is 10.1. The normalized spacial score (nSPS) is 12.8. The van der Waals surface area contributed by atoms with Crippen molar-refractivity contribution in [1.29, 1.82) is 0 Å². The second-order valence-electron chi connectivity index (χ2n) is 4.71. The molecule has 0 aromatic heterocycles. The molecule has 0 aliphatic carbocycles. The third kappa shape index (κ3) is 5.23. The van der Waals surface area contributed by atoms with Crippen molar-refractivity contribution in [2.75, 3.05) is 14.2 Å². The minimum absolute atomic E-state index is 0.384. The van der Waals surface area contributed by atoms with Crippen molar-refractivity contribution in [3.63, 3.8) is 0 Å². The maximum atomic E-state index is 12.4. The number of methoxy groups -OCH3 is 2. The van der Waals surface area contributed by atoms with Crippen LogP contribution in [-0.4, -0.2) is 32.1 Å². The highest BCUT2D eigenvalue weighted by atomic mass is 16.5. The number of ether oxygens (including phenoxy) is 2. The third-order valence-electron chi connectivity index (χ3n) is 3.19. The fourth-order valence-electron chi connectivity index (χ4n) is 2.07. The van der Waals surface area contributed by atoms with E-state index in [-0.39, 0.29) is 5.91 Å². The van der Waals surface area contributed by atoms with Gasteiger partial charge >= 0.3 is 5.97 Å². The average Bonchev–Trinajstić information content (AvgIpc) is 2.55. The molecule has 0 saturated heterocycles. The van der Waals surface area contributed by atoms with Crippen LogP contribution in [0.4, 0.5) is 0 Å². The van der Waals surface area contributed by atoms with E-state index in [1.807, 2.05) is 18.2 Å². The topological polar surface area (TPSA) is 64.6 Å². The molecular formula is C17H21NO4. The smallest absolute Gasteiger partial charge is 0.328 e. The monoisotopic (exact) mass is 303 g/mol. The molecule has 5 heteroatoms. The number of carbonyl (C=O) groups is 2. The number of benzene rings is 1. The van der Waals surface area contributed by atoms with Gasteiger partial charge in [0.25, 0.3) is 5.91 Å². The second kappa shape index (κ2) is 9.59. The molecule has 5 nitrogen and oxygen atoms in total. The molecule has 0 saturated carbocycles. The van der Waals surface area contributed by atoms with Gasteiger partial charge in [0.05, 0.1) is 7.11 Å². The molecule has 0 bridgehead atoms. The van der Waals surface area contributed by atoms with E-state index >= 15 is 0 Å². The summed E-state index contributed by atoms with van der Waals surface area (Å²) in [5, 5.41) is 2.67. The molecule has 0 aliphatic heterocycles. The predicted octanol–water partition coefficient (Wildman–Crippen LogP) is 1.84. The van der Waals surface area contributed by atoms with Crippen molar-refractivity contribution in [3.8, 4) is 12.3 Å². The van der Waals surface area contributed by atoms with Crippen LogP contribution in [0.2, 0.25) is 0 Å². The summed E-state index contributed by atoms with van der Waals surface area (Å²) in [4.78, 5) is 24.1. The second-order valence-corrected chi connectivity index (χ2v) is 4.71. The maximum absolute atomic E-state index is 12.4. The van der Waals surface area contributed by atoms with Gasteiger partial charge in [-0.3, -0.25) is 4.79 Å². The number of carbonyl (C=O) groups excluding carboxylic acids is 2. The number of terminal acetylenes is 1. The third-order valence-corrected chi connectivity index (χ3v) is 3.19. The largest absolute Gasteiger partial charge is 0.467 e. The summed E-state index contributed by atoms with van der Waals surface area (Å²) in [5.41, 5.74) is 0.717. The van der Waals surface area contributed by atoms with Crippen LogP contribution in [0.5, 0.6) is 0 Å². The Bertz CT molecular complexity index is 521. The minimum atomic E-state index is -0.777. The van der Waals surface area contributed by atoms with Crippen molar-refractivity contribution in [2.45, 2.75) is 31.4 Å². The van der Waals surface area contributed by atoms with Crippen LogP contribution in [0.25, 0.3) is 0 Å². The number of unbranched alkanes of at least 4 members (excludes halogenated alkanes) is 1. The molecular weight excluding hydrogens is 282 g/mol. The maximum Gasteiger partial charge on any atom is 0.328 e. The first-order chi connectivity index (χ1) is 10.6. The summed E-state index contributed by atoms with van der Waals surface area (Å²) in [6.45, 7) is 0. The van der Waals surface area contributed by atoms with E-state index < -0.39 is 18.1 Å². The van der Waals surface area contributed by atoms with Gasteiger partial charge in [-0.05, 0) is 18.4 Å². The first-order valence-electron chi connectivity index (χ1n) is 7.03. The van der Waals surface area contributed by atoms with Gasteiger partial charge in [-0.2, -0.15) is 0 Å². The highest BCUT2D eigenvalue weighted by molar-refractivity contribution is 5.87. The number of rotatable bonds is 8. The van der Waals surface area contributed by atoms with E-state index in [1.165, 1.54) is 14.2 Å². The van der Waals surface area contributed by atoms with Crippen molar-refractivity contribution >= 4 is 11.9 Å². The molecule has 0 heterocycles. The first-order valence-corrected chi connectivity index (χ1v) is 7.03. The molecule has 0 unspecified atom stereocenters. The zero-order chi connectivity index (χ0) is 16.4. The Labute approximate surface area is 131 Å². The Kier molecular flexibility index (Phi) is 7.73. The molecule has 1 N–H and O–H groups in total. The van der Waals surface area contributed by atoms with Crippen LogP contribution in [0.3, 0.4) is 0 Å². The SMILES string of the molecule is C#CCCC[C@H](NC(=O)[C@@H](OC)c1ccccc1)C(=O)OC. The van der Waals surface area contributed by atoms with Crippen LogP contribution in [0.1, 0.15) is 30.9 Å². The lowest BCUT2D eigenvalue weighted by molar-refractivity contribution is -0.147. The van der Waals surface area contributed by atoms with E-state index in [0.29, 0.717) is 19.3 Å². The van der Waals surface area contributed by atoms with Crippen molar-refractivity contribution in [3.05, 3.63) is 35.9 Å². The van der Waals surface area contributed by atoms with Crippen molar-refractivity contribution in [2.24, 2.45) is 0 Å². The molecule has 2 atom stereocenters. The molecule has 0 fully saturated rings. The van der Waals surface area contributed by atoms with Crippen LogP contribution in [0, 0.1) is 12.3 Å². The Morgan fingerprint density at radius 2 is 1.95 bits per heavy atom. The van der Waals surface area contributed by atoms with Gasteiger partial charge in [0, 0.05) is 13.5 Å². The fourth-order valence-corrected chi connectivity index (χ4v) is 2.07. The molecule has 0 spiro atoms. The molecule has 0 aliphatic rings. The highest BCUT2D eigenvalue weighted by Gasteiger charge is 2.26. The molecule has 0 radical (unpaired) electrons. The summed E-state index contributed by atoms with van der Waals surface area (Å²) in [6, 6.07) is 8.34. The highest BCUT2D eigenvalue weighted by Crippen LogP contribution is 2.17. The molecule has 1 aromatic rings. The van der Waals surface area contributed by atoms with Crippen LogP contribution >= 0.6 is 0 Å². The number of hydrogen-bond donors (Lipinski definition) is 1. The Balaban J connectivity index is 2.75. The van der Waals surface area contributed by atoms with E-state index in [9.17, 15) is 9.59 Å². The van der Waals surface area contributed by atoms with Gasteiger partial charge in [0.2, 0.25) is 0 Å². The summed E-state index contributed by atoms with van der Waals surface area (Å²) in [6.07, 6.45) is 6.01. The van der Waals surface area contributed by atoms with E-state index in [0.717, 1.165) is 5.56 Å².